The Hall–Kier alpha value is -3.46. The number of benzene rings is 3. The standard InChI is InChI=1S/C32H32FN3O3S/c33-29-17-24(10-11-30(29)35-12-14-38-15-13-35)36(32(37)39-31-9-4-16-40-31)21-28-26-19-34(20-27(26)28)18-23-7-3-6-22-5-1-2-8-25(22)23/h1-11,16-17,26-28H,12-15,18-21H2. The van der Waals surface area contributed by atoms with Gasteiger partial charge in [0.2, 0.25) is 0 Å². The van der Waals surface area contributed by atoms with E-state index in [0.717, 1.165) is 19.6 Å². The number of nitrogens with zero attached hydrogens (tertiary/aromatic N) is 3. The third-order valence-electron chi connectivity index (χ3n) is 8.61. The van der Waals surface area contributed by atoms with Gasteiger partial charge in [0.05, 0.1) is 24.6 Å². The van der Waals surface area contributed by atoms with E-state index < -0.39 is 6.09 Å². The number of halogens is 1. The van der Waals surface area contributed by atoms with E-state index in [4.69, 9.17) is 9.47 Å². The summed E-state index contributed by atoms with van der Waals surface area (Å²) in [6.45, 7) is 5.96. The van der Waals surface area contributed by atoms with E-state index in [-0.39, 0.29) is 5.82 Å². The van der Waals surface area contributed by atoms with Crippen LogP contribution in [0.4, 0.5) is 20.6 Å². The first kappa shape index (κ1) is 25.5. The highest BCUT2D eigenvalue weighted by atomic mass is 32.1. The van der Waals surface area contributed by atoms with Crippen molar-refractivity contribution in [2.45, 2.75) is 6.54 Å². The van der Waals surface area contributed by atoms with Crippen molar-refractivity contribution in [1.29, 1.82) is 0 Å². The van der Waals surface area contributed by atoms with Gasteiger partial charge in [-0.25, -0.2) is 9.18 Å². The molecule has 0 bridgehead atoms. The summed E-state index contributed by atoms with van der Waals surface area (Å²) in [5, 5.41) is 5.00. The number of hydrogen-bond donors (Lipinski definition) is 0. The van der Waals surface area contributed by atoms with E-state index in [9.17, 15) is 4.79 Å². The summed E-state index contributed by atoms with van der Waals surface area (Å²) in [4.78, 5) is 19.5. The van der Waals surface area contributed by atoms with E-state index in [1.165, 1.54) is 33.7 Å². The first-order valence-electron chi connectivity index (χ1n) is 14.0. The number of carbonyl (C=O) groups excluding carboxylic acids is 1. The van der Waals surface area contributed by atoms with Gasteiger partial charge in [-0.3, -0.25) is 9.80 Å². The van der Waals surface area contributed by atoms with E-state index in [1.54, 1.807) is 17.0 Å². The normalized spacial score (nSPS) is 22.3. The lowest BCUT2D eigenvalue weighted by atomic mass is 10.0. The summed E-state index contributed by atoms with van der Waals surface area (Å²) in [5.74, 6) is 1.11. The van der Waals surface area contributed by atoms with Gasteiger partial charge < -0.3 is 14.4 Å². The molecule has 6 nitrogen and oxygen atoms in total. The summed E-state index contributed by atoms with van der Waals surface area (Å²) in [6.07, 6.45) is -0.460. The fourth-order valence-electron chi connectivity index (χ4n) is 6.49. The van der Waals surface area contributed by atoms with E-state index >= 15 is 4.39 Å². The highest BCUT2D eigenvalue weighted by Crippen LogP contribution is 2.52. The minimum Gasteiger partial charge on any atom is -0.399 e. The molecule has 1 aliphatic carbocycles. The van der Waals surface area contributed by atoms with Crippen molar-refractivity contribution in [3.8, 4) is 5.06 Å². The topological polar surface area (TPSA) is 45.2 Å². The lowest BCUT2D eigenvalue weighted by molar-refractivity contribution is 0.122. The lowest BCUT2D eigenvalue weighted by Crippen LogP contribution is -2.38. The average molecular weight is 558 g/mol. The SMILES string of the molecule is O=C(Oc1cccs1)N(CC1C2CN(Cc3cccc4ccccc34)CC21)c1ccc(N2CCOCC2)c(F)c1. The van der Waals surface area contributed by atoms with Crippen molar-refractivity contribution < 1.29 is 18.7 Å². The molecule has 1 aromatic heterocycles. The van der Waals surface area contributed by atoms with Gasteiger partial charge >= 0.3 is 6.09 Å². The molecule has 206 valence electrons. The van der Waals surface area contributed by atoms with Crippen LogP contribution in [0, 0.1) is 23.6 Å². The second-order valence-electron chi connectivity index (χ2n) is 11.0. The maximum Gasteiger partial charge on any atom is 0.420 e. The van der Waals surface area contributed by atoms with Crippen LogP contribution in [0.2, 0.25) is 0 Å². The number of hydrogen-bond acceptors (Lipinski definition) is 6. The number of carbonyl (C=O) groups is 1. The van der Waals surface area contributed by atoms with Gasteiger partial charge in [0, 0.05) is 39.3 Å². The molecule has 0 N–H and O–H groups in total. The fraction of sp³-hybridized carbons (Fsp3) is 0.344. The average Bonchev–Trinajstić information content (AvgIpc) is 3.31. The molecule has 2 saturated heterocycles. The second kappa shape index (κ2) is 10.8. The molecule has 0 spiro atoms. The molecule has 2 atom stereocenters. The Morgan fingerprint density at radius 3 is 2.58 bits per heavy atom. The van der Waals surface area contributed by atoms with Crippen molar-refractivity contribution in [3.05, 3.63) is 89.6 Å². The van der Waals surface area contributed by atoms with Crippen LogP contribution in [0.1, 0.15) is 5.56 Å². The van der Waals surface area contributed by atoms with Crippen molar-refractivity contribution in [1.82, 2.24) is 4.90 Å². The number of ether oxygens (including phenoxy) is 2. The molecule has 3 aromatic carbocycles. The van der Waals surface area contributed by atoms with E-state index in [1.807, 2.05) is 22.4 Å². The number of anilines is 2. The Bertz CT molecular complexity index is 1490. The van der Waals surface area contributed by atoms with Crippen LogP contribution in [-0.4, -0.2) is 56.9 Å². The summed E-state index contributed by atoms with van der Waals surface area (Å²) in [5.41, 5.74) is 2.44. The summed E-state index contributed by atoms with van der Waals surface area (Å²) >= 11 is 1.37. The number of likely N-dealkylation sites (tertiary alicyclic amines) is 1. The van der Waals surface area contributed by atoms with Crippen molar-refractivity contribution in [2.24, 2.45) is 17.8 Å². The van der Waals surface area contributed by atoms with Gasteiger partial charge in [0.25, 0.3) is 0 Å². The molecule has 3 fully saturated rings. The van der Waals surface area contributed by atoms with Crippen LogP contribution >= 0.6 is 11.3 Å². The number of piperidine rings is 1. The predicted octanol–water partition coefficient (Wildman–Crippen LogP) is 6.26. The van der Waals surface area contributed by atoms with Gasteiger partial charge in [-0.1, -0.05) is 42.5 Å². The molecule has 1 amide bonds. The maximum absolute atomic E-state index is 15.3. The van der Waals surface area contributed by atoms with Gasteiger partial charge in [0.15, 0.2) is 5.06 Å². The Kier molecular flexibility index (Phi) is 6.91. The first-order valence-corrected chi connectivity index (χ1v) is 14.9. The molecule has 8 heteroatoms. The Morgan fingerprint density at radius 2 is 1.80 bits per heavy atom. The number of amides is 1. The minimum atomic E-state index is -0.460. The molecule has 2 unspecified atom stereocenters. The smallest absolute Gasteiger partial charge is 0.399 e. The van der Waals surface area contributed by atoms with Gasteiger partial charge in [-0.05, 0) is 69.8 Å². The van der Waals surface area contributed by atoms with Crippen molar-refractivity contribution in [3.63, 3.8) is 0 Å². The highest BCUT2D eigenvalue weighted by molar-refractivity contribution is 7.11. The zero-order valence-electron chi connectivity index (χ0n) is 22.2. The summed E-state index contributed by atoms with van der Waals surface area (Å²) in [7, 11) is 0. The van der Waals surface area contributed by atoms with Gasteiger partial charge in [-0.15, -0.1) is 11.3 Å². The molecule has 4 aromatic rings. The zero-order chi connectivity index (χ0) is 27.1. The highest BCUT2D eigenvalue weighted by Gasteiger charge is 2.56. The molecule has 3 aliphatic rings. The Morgan fingerprint density at radius 1 is 1.00 bits per heavy atom. The van der Waals surface area contributed by atoms with Crippen LogP contribution < -0.4 is 14.5 Å². The molecule has 0 radical (unpaired) electrons. The van der Waals surface area contributed by atoms with Crippen LogP contribution in [0.5, 0.6) is 5.06 Å². The minimum absolute atomic E-state index is 0.328. The summed E-state index contributed by atoms with van der Waals surface area (Å²) < 4.78 is 26.4. The quantitative estimate of drug-likeness (QED) is 0.268. The number of rotatable bonds is 7. The van der Waals surface area contributed by atoms with Crippen LogP contribution in [0.15, 0.2) is 78.2 Å². The maximum atomic E-state index is 15.3. The predicted molar refractivity (Wildman–Crippen MR) is 157 cm³/mol. The van der Waals surface area contributed by atoms with Gasteiger partial charge in [0.1, 0.15) is 5.82 Å². The molecule has 7 rings (SSSR count). The van der Waals surface area contributed by atoms with Crippen molar-refractivity contribution in [2.75, 3.05) is 55.7 Å². The monoisotopic (exact) mass is 557 g/mol. The number of morpholine rings is 1. The van der Waals surface area contributed by atoms with E-state index in [2.05, 4.69) is 47.4 Å². The second-order valence-corrected chi connectivity index (χ2v) is 11.9. The fourth-order valence-corrected chi connectivity index (χ4v) is 7.06. The largest absolute Gasteiger partial charge is 0.420 e. The van der Waals surface area contributed by atoms with Gasteiger partial charge in [-0.2, -0.15) is 0 Å². The van der Waals surface area contributed by atoms with Crippen LogP contribution in [0.25, 0.3) is 10.8 Å². The zero-order valence-corrected chi connectivity index (χ0v) is 23.1. The number of fused-ring (bicyclic) bond motifs is 2. The van der Waals surface area contributed by atoms with Crippen molar-refractivity contribution >= 4 is 39.6 Å². The third kappa shape index (κ3) is 5.07. The lowest BCUT2D eigenvalue weighted by Gasteiger charge is -2.30. The van der Waals surface area contributed by atoms with E-state index in [0.29, 0.717) is 67.0 Å². The Labute approximate surface area is 237 Å². The molecule has 1 saturated carbocycles. The molecule has 3 heterocycles. The van der Waals surface area contributed by atoms with Crippen LogP contribution in [-0.2, 0) is 11.3 Å². The molecule has 2 aliphatic heterocycles. The Balaban J connectivity index is 1.05. The first-order chi connectivity index (χ1) is 19.6. The summed E-state index contributed by atoms with van der Waals surface area (Å²) in [6, 6.07) is 23.8. The molecular weight excluding hydrogens is 525 g/mol. The molecule has 40 heavy (non-hydrogen) atoms. The molecular formula is C32H32FN3O3S. The third-order valence-corrected chi connectivity index (χ3v) is 9.36. The number of thiophene rings is 1. The van der Waals surface area contributed by atoms with Crippen LogP contribution in [0.3, 0.4) is 0 Å².